The molecule has 2 amide bonds. The zero-order valence-corrected chi connectivity index (χ0v) is 29.0. The maximum absolute atomic E-state index is 12.5. The van der Waals surface area contributed by atoms with E-state index >= 15 is 0 Å². The van der Waals surface area contributed by atoms with Crippen LogP contribution in [0.15, 0.2) is 54.6 Å². The van der Waals surface area contributed by atoms with Gasteiger partial charge in [0.1, 0.15) is 6.04 Å². The molecule has 1 aromatic carbocycles. The molecule has 2 rings (SSSR count). The minimum Gasteiger partial charge on any atom is -0.358 e. The van der Waals surface area contributed by atoms with E-state index in [-0.39, 0.29) is 98.5 Å². The number of amides is 2. The van der Waals surface area contributed by atoms with Gasteiger partial charge in [0.2, 0.25) is 5.91 Å². The molecule has 172 valence electrons. The third-order valence-corrected chi connectivity index (χ3v) is 4.96. The number of carbonyl (C=O) groups is 2. The summed E-state index contributed by atoms with van der Waals surface area (Å²) in [4.78, 5) is 25.6. The standard InChI is InChI=1S/C22H27N2O2S.C2H6.CH3.Rb.W/c1-4-6-9-17(8-5-2)18-11-13-19(14-12-18)22(27)23-21(26)20-10-7-15-24(20)16(3)25;1-2;;;/h4-6,8-9,11-14,20,22,27H,3,7,10,15H2,1-2H3,(H,23,26);1-2H3;1H3;;/q-1;;-1;+1;/b6-4-,8-5-,17-9+;;;;. The second-order valence-corrected chi connectivity index (χ2v) is 6.94. The van der Waals surface area contributed by atoms with Crippen molar-refractivity contribution in [3.8, 4) is 0 Å². The van der Waals surface area contributed by atoms with E-state index in [1.165, 1.54) is 4.90 Å². The van der Waals surface area contributed by atoms with E-state index in [0.29, 0.717) is 13.0 Å². The molecule has 1 saturated heterocycles. The summed E-state index contributed by atoms with van der Waals surface area (Å²) < 4.78 is 0. The molecule has 7 heteroatoms. The van der Waals surface area contributed by atoms with Gasteiger partial charge in [0.15, 0.2) is 0 Å². The molecule has 2 unspecified atom stereocenters. The van der Waals surface area contributed by atoms with Crippen LogP contribution in [0.25, 0.3) is 5.57 Å². The van der Waals surface area contributed by atoms with E-state index in [2.05, 4.69) is 37.0 Å². The van der Waals surface area contributed by atoms with E-state index in [9.17, 15) is 9.59 Å². The number of carbonyl (C=O) groups excluding carboxylic acids is 2. The van der Waals surface area contributed by atoms with Gasteiger partial charge in [-0.15, -0.1) is 12.6 Å². The van der Waals surface area contributed by atoms with Gasteiger partial charge >= 0.3 is 58.2 Å². The van der Waals surface area contributed by atoms with E-state index in [4.69, 9.17) is 0 Å². The van der Waals surface area contributed by atoms with Crippen LogP contribution in [0.1, 0.15) is 57.0 Å². The third-order valence-electron chi connectivity index (χ3n) is 4.53. The first-order valence-corrected chi connectivity index (χ1v) is 10.7. The van der Waals surface area contributed by atoms with E-state index < -0.39 is 11.4 Å². The van der Waals surface area contributed by atoms with Crippen molar-refractivity contribution in [1.29, 1.82) is 0 Å². The number of nitrogens with zero attached hydrogens (tertiary/aromatic N) is 1. The minimum absolute atomic E-state index is 0. The van der Waals surface area contributed by atoms with Crippen LogP contribution in [0.5, 0.6) is 0 Å². The summed E-state index contributed by atoms with van der Waals surface area (Å²) in [6.45, 7) is 12.0. The van der Waals surface area contributed by atoms with Crippen molar-refractivity contribution in [1.82, 2.24) is 10.2 Å². The normalized spacial score (nSPS) is 16.2. The van der Waals surface area contributed by atoms with Gasteiger partial charge in [0.05, 0.1) is 11.3 Å². The Balaban J connectivity index is -0.00000163. The van der Waals surface area contributed by atoms with E-state index in [0.717, 1.165) is 23.1 Å². The van der Waals surface area contributed by atoms with Crippen LogP contribution in [-0.4, -0.2) is 29.3 Å². The second-order valence-electron chi connectivity index (χ2n) is 6.43. The van der Waals surface area contributed by atoms with Crippen molar-refractivity contribution in [3.05, 3.63) is 80.1 Å². The summed E-state index contributed by atoms with van der Waals surface area (Å²) in [6.07, 6.45) is 11.6. The largest absolute Gasteiger partial charge is 1.00 e. The number of hydrogen-bond acceptors (Lipinski definition) is 3. The fraction of sp³-hybridized carbons (Fsp3) is 0.360. The van der Waals surface area contributed by atoms with Crippen molar-refractivity contribution >= 4 is 30.0 Å². The number of likely N-dealkylation sites (tertiary alicyclic amines) is 1. The Labute approximate surface area is 264 Å². The average molecular weight is 698 g/mol. The number of nitrogens with one attached hydrogen (secondary N) is 1. The number of rotatable bonds is 6. The minimum atomic E-state index is -0.450. The molecule has 1 aliphatic heterocycles. The Hall–Kier alpha value is 0.0935. The quantitative estimate of drug-likeness (QED) is 0.208. The first-order chi connectivity index (χ1) is 14.0. The molecule has 1 heterocycles. The van der Waals surface area contributed by atoms with Gasteiger partial charge in [0.25, 0.3) is 0 Å². The van der Waals surface area contributed by atoms with Gasteiger partial charge in [0, 0.05) is 27.6 Å². The first-order valence-electron chi connectivity index (χ1n) is 10.1. The van der Waals surface area contributed by atoms with Crippen molar-refractivity contribution in [3.63, 3.8) is 0 Å². The van der Waals surface area contributed by atoms with Gasteiger partial charge in [-0.25, -0.2) is 0 Å². The molecule has 0 bridgehead atoms. The van der Waals surface area contributed by atoms with Crippen LogP contribution in [0.4, 0.5) is 0 Å². The van der Waals surface area contributed by atoms with Gasteiger partial charge in [-0.2, -0.15) is 0 Å². The SMILES string of the molecule is CC.[CH2-]C(=O)N1CCCC1C(=O)NC(S)c1ccc(C(/C=C\C)=C/C=C\C)cc1.[CH3-].[Rb+].[W]. The molecule has 4 nitrogen and oxygen atoms in total. The molecule has 0 radical (unpaired) electrons. The van der Waals surface area contributed by atoms with E-state index in [1.54, 1.807) is 0 Å². The summed E-state index contributed by atoms with van der Waals surface area (Å²) in [5.41, 5.74) is 3.09. The molecule has 0 aromatic heterocycles. The maximum Gasteiger partial charge on any atom is 1.00 e. The fourth-order valence-corrected chi connectivity index (χ4v) is 3.44. The Kier molecular flexibility index (Phi) is 23.4. The Morgan fingerprint density at radius 1 is 1.19 bits per heavy atom. The molecule has 0 saturated carbocycles. The summed E-state index contributed by atoms with van der Waals surface area (Å²) in [5.74, 6) is -0.492. The van der Waals surface area contributed by atoms with Crippen molar-refractivity contribution in [2.45, 2.75) is 52.0 Å². The Morgan fingerprint density at radius 3 is 2.28 bits per heavy atom. The topological polar surface area (TPSA) is 49.4 Å². The Morgan fingerprint density at radius 2 is 1.78 bits per heavy atom. The molecule has 0 aliphatic carbocycles. The molecule has 1 N–H and O–H groups in total. The molecule has 1 fully saturated rings. The van der Waals surface area contributed by atoms with Gasteiger partial charge in [-0.3, -0.25) is 4.79 Å². The Bertz CT molecular complexity index is 764. The molecular weight excluding hydrogens is 662 g/mol. The maximum atomic E-state index is 12.5. The monoisotopic (exact) mass is 697 g/mol. The summed E-state index contributed by atoms with van der Waals surface area (Å²) in [6, 6.07) is 7.50. The number of allylic oxidation sites excluding steroid dienone is 6. The average Bonchev–Trinajstić information content (AvgIpc) is 3.23. The molecular formula is C25H36N2O2RbSW-. The fourth-order valence-electron chi connectivity index (χ4n) is 3.14. The second kappa shape index (κ2) is 20.5. The van der Waals surface area contributed by atoms with E-state index in [1.807, 2.05) is 70.2 Å². The summed E-state index contributed by atoms with van der Waals surface area (Å²) >= 11 is 4.53. The third kappa shape index (κ3) is 11.5. The van der Waals surface area contributed by atoms with Crippen LogP contribution in [0.2, 0.25) is 0 Å². The van der Waals surface area contributed by atoms with Crippen LogP contribution >= 0.6 is 12.6 Å². The summed E-state index contributed by atoms with van der Waals surface area (Å²) in [7, 11) is 0. The predicted octanol–water partition coefficient (Wildman–Crippen LogP) is 2.57. The molecule has 0 spiro atoms. The van der Waals surface area contributed by atoms with Crippen molar-refractivity contribution in [2.75, 3.05) is 6.54 Å². The zero-order valence-electron chi connectivity index (χ0n) is 20.3. The number of hydrogen-bond donors (Lipinski definition) is 2. The van der Waals surface area contributed by atoms with Crippen LogP contribution in [-0.2, 0) is 30.7 Å². The van der Waals surface area contributed by atoms with Crippen molar-refractivity contribution in [2.24, 2.45) is 0 Å². The van der Waals surface area contributed by atoms with Crippen molar-refractivity contribution < 1.29 is 88.8 Å². The van der Waals surface area contributed by atoms with Gasteiger partial charge < -0.3 is 29.4 Å². The van der Waals surface area contributed by atoms with Crippen LogP contribution < -0.4 is 63.5 Å². The molecule has 1 aromatic rings. The van der Waals surface area contributed by atoms with Crippen LogP contribution in [0.3, 0.4) is 0 Å². The summed E-state index contributed by atoms with van der Waals surface area (Å²) in [5, 5.41) is 2.46. The van der Waals surface area contributed by atoms with Gasteiger partial charge in [-0.1, -0.05) is 68.5 Å². The molecule has 32 heavy (non-hydrogen) atoms. The smallest absolute Gasteiger partial charge is 0.358 e. The van der Waals surface area contributed by atoms with Gasteiger partial charge in [-0.05, 0) is 43.4 Å². The molecule has 1 aliphatic rings. The predicted molar refractivity (Wildman–Crippen MR) is 132 cm³/mol. The number of thiol groups is 1. The zero-order chi connectivity index (χ0) is 21.8. The molecule has 2 atom stereocenters. The van der Waals surface area contributed by atoms with Crippen LogP contribution in [0, 0.1) is 14.4 Å². The first kappa shape index (κ1) is 36.7. The number of benzene rings is 1.